The van der Waals surface area contributed by atoms with Crippen LogP contribution in [0.25, 0.3) is 0 Å². The number of hydrogen-bond donors (Lipinski definition) is 1. The van der Waals surface area contributed by atoms with Gasteiger partial charge in [-0.05, 0) is 75.2 Å². The molecule has 0 saturated heterocycles. The third kappa shape index (κ3) is 7.78. The number of sulfonamides is 1. The first-order valence-corrected chi connectivity index (χ1v) is 16.4. The Bertz CT molecular complexity index is 1490. The fourth-order valence-corrected chi connectivity index (χ4v) is 7.04. The Labute approximate surface area is 262 Å². The van der Waals surface area contributed by atoms with E-state index in [1.807, 2.05) is 6.92 Å². The van der Waals surface area contributed by atoms with Crippen LogP contribution < -0.4 is 9.62 Å². The van der Waals surface area contributed by atoms with Crippen LogP contribution in [0.2, 0.25) is 15.1 Å². The van der Waals surface area contributed by atoms with Gasteiger partial charge in [-0.25, -0.2) is 8.42 Å². The molecule has 0 spiro atoms. The zero-order chi connectivity index (χ0) is 30.4. The van der Waals surface area contributed by atoms with Crippen molar-refractivity contribution in [3.05, 3.63) is 92.9 Å². The van der Waals surface area contributed by atoms with E-state index in [1.54, 1.807) is 49.4 Å². The summed E-state index contributed by atoms with van der Waals surface area (Å²) in [5.74, 6) is -0.906. The summed E-state index contributed by atoms with van der Waals surface area (Å²) in [6.45, 7) is 2.87. The van der Waals surface area contributed by atoms with Crippen LogP contribution in [0.4, 0.5) is 5.69 Å². The topological polar surface area (TPSA) is 86.8 Å². The zero-order valence-electron chi connectivity index (χ0n) is 23.5. The van der Waals surface area contributed by atoms with E-state index in [9.17, 15) is 18.0 Å². The lowest BCUT2D eigenvalue weighted by molar-refractivity contribution is -0.139. The van der Waals surface area contributed by atoms with Crippen LogP contribution in [0.15, 0.2) is 71.6 Å². The summed E-state index contributed by atoms with van der Waals surface area (Å²) >= 11 is 18.9. The van der Waals surface area contributed by atoms with Crippen molar-refractivity contribution in [2.45, 2.75) is 69.5 Å². The van der Waals surface area contributed by atoms with Crippen molar-refractivity contribution in [2.24, 2.45) is 0 Å². The first-order valence-electron chi connectivity index (χ1n) is 13.8. The molecule has 1 atom stereocenters. The largest absolute Gasteiger partial charge is 0.352 e. The molecule has 1 aliphatic rings. The minimum absolute atomic E-state index is 0.0240. The van der Waals surface area contributed by atoms with Crippen LogP contribution in [0.1, 0.15) is 50.2 Å². The molecule has 11 heteroatoms. The van der Waals surface area contributed by atoms with Gasteiger partial charge in [0.25, 0.3) is 10.0 Å². The Balaban J connectivity index is 1.70. The molecule has 0 radical (unpaired) electrons. The maximum Gasteiger partial charge on any atom is 0.264 e. The molecule has 1 saturated carbocycles. The minimum atomic E-state index is -4.20. The highest BCUT2D eigenvalue weighted by atomic mass is 35.5. The number of anilines is 1. The molecule has 3 aromatic carbocycles. The van der Waals surface area contributed by atoms with Crippen molar-refractivity contribution in [3.8, 4) is 0 Å². The zero-order valence-corrected chi connectivity index (χ0v) is 26.6. The first-order chi connectivity index (χ1) is 20.0. The molecular weight excluding hydrogens is 617 g/mol. The lowest BCUT2D eigenvalue weighted by Crippen LogP contribution is -2.53. The van der Waals surface area contributed by atoms with E-state index < -0.39 is 28.5 Å². The molecule has 1 N–H and O–H groups in total. The Morgan fingerprint density at radius 1 is 0.905 bits per heavy atom. The molecular formula is C31H34Cl3N3O4S. The van der Waals surface area contributed by atoms with Gasteiger partial charge < -0.3 is 10.2 Å². The van der Waals surface area contributed by atoms with Crippen molar-refractivity contribution in [1.29, 1.82) is 0 Å². The molecule has 0 heterocycles. The third-order valence-corrected chi connectivity index (χ3v) is 10.3. The molecule has 1 aliphatic carbocycles. The number of rotatable bonds is 10. The number of nitrogens with one attached hydrogen (secondary N) is 1. The summed E-state index contributed by atoms with van der Waals surface area (Å²) in [5, 5.41) is 4.14. The van der Waals surface area contributed by atoms with Crippen LogP contribution in [0.3, 0.4) is 0 Å². The molecule has 2 amide bonds. The fourth-order valence-electron chi connectivity index (χ4n) is 4.98. The predicted molar refractivity (Wildman–Crippen MR) is 169 cm³/mol. The summed E-state index contributed by atoms with van der Waals surface area (Å²) < 4.78 is 28.9. The van der Waals surface area contributed by atoms with E-state index in [0.717, 1.165) is 42.0 Å². The molecule has 4 rings (SSSR count). The molecule has 0 unspecified atom stereocenters. The molecule has 0 aromatic heterocycles. The number of amides is 2. The minimum Gasteiger partial charge on any atom is -0.352 e. The van der Waals surface area contributed by atoms with Gasteiger partial charge in [0.1, 0.15) is 12.6 Å². The lowest BCUT2D eigenvalue weighted by atomic mass is 9.95. The van der Waals surface area contributed by atoms with E-state index in [1.165, 1.54) is 29.2 Å². The second-order valence-electron chi connectivity index (χ2n) is 10.5. The first kappa shape index (κ1) is 32.1. The number of nitrogens with zero attached hydrogens (tertiary/aromatic N) is 2. The smallest absolute Gasteiger partial charge is 0.264 e. The molecule has 42 heavy (non-hydrogen) atoms. The van der Waals surface area contributed by atoms with Crippen molar-refractivity contribution in [2.75, 3.05) is 10.8 Å². The maximum absolute atomic E-state index is 14.1. The number of carbonyl (C=O) groups excluding carboxylic acids is 2. The van der Waals surface area contributed by atoms with Gasteiger partial charge in [0, 0.05) is 33.2 Å². The third-order valence-electron chi connectivity index (χ3n) is 7.51. The average molecular weight is 651 g/mol. The molecule has 0 aliphatic heterocycles. The Kier molecular flexibility index (Phi) is 10.8. The van der Waals surface area contributed by atoms with Gasteiger partial charge in [-0.2, -0.15) is 0 Å². The summed E-state index contributed by atoms with van der Waals surface area (Å²) in [6.07, 6.45) is 4.96. The quantitative estimate of drug-likeness (QED) is 0.256. The summed E-state index contributed by atoms with van der Waals surface area (Å²) in [6, 6.07) is 16.7. The predicted octanol–water partition coefficient (Wildman–Crippen LogP) is 7.02. The molecule has 224 valence electrons. The number of carbonyl (C=O) groups is 2. The van der Waals surface area contributed by atoms with E-state index in [4.69, 9.17) is 34.8 Å². The highest BCUT2D eigenvalue weighted by Gasteiger charge is 2.33. The Morgan fingerprint density at radius 3 is 2.10 bits per heavy atom. The van der Waals surface area contributed by atoms with Crippen LogP contribution in [0, 0.1) is 6.92 Å². The number of halogens is 3. The standard InChI is InChI=1S/C31H34Cl3N3O4S/c1-21-11-15-25(16-12-21)37(42(40,41)26-17-13-23(32)14-18-26)20-30(38)36(19-27-28(33)9-6-10-29(27)34)22(2)31(39)35-24-7-4-3-5-8-24/h6,9-18,22,24H,3-5,7-8,19-20H2,1-2H3,(H,35,39)/t22-/m1/s1. The van der Waals surface area contributed by atoms with Crippen LogP contribution in [-0.4, -0.2) is 43.8 Å². The van der Waals surface area contributed by atoms with Crippen LogP contribution >= 0.6 is 34.8 Å². The normalized spacial score (nSPS) is 14.7. The number of benzene rings is 3. The number of aryl methyl sites for hydroxylation is 1. The SMILES string of the molecule is Cc1ccc(N(CC(=O)N(Cc2c(Cl)cccc2Cl)[C@H](C)C(=O)NC2CCCCC2)S(=O)(=O)c2ccc(Cl)cc2)cc1. The van der Waals surface area contributed by atoms with Gasteiger partial charge in [0.05, 0.1) is 10.6 Å². The molecule has 7 nitrogen and oxygen atoms in total. The van der Waals surface area contributed by atoms with Gasteiger partial charge in [-0.1, -0.05) is 77.8 Å². The molecule has 3 aromatic rings. The monoisotopic (exact) mass is 649 g/mol. The maximum atomic E-state index is 14.1. The highest BCUT2D eigenvalue weighted by molar-refractivity contribution is 7.92. The van der Waals surface area contributed by atoms with Crippen molar-refractivity contribution < 1.29 is 18.0 Å². The second-order valence-corrected chi connectivity index (χ2v) is 13.7. The Morgan fingerprint density at radius 2 is 1.50 bits per heavy atom. The number of hydrogen-bond acceptors (Lipinski definition) is 4. The molecule has 1 fully saturated rings. The van der Waals surface area contributed by atoms with E-state index in [-0.39, 0.29) is 23.4 Å². The van der Waals surface area contributed by atoms with E-state index in [2.05, 4.69) is 5.32 Å². The summed E-state index contributed by atoms with van der Waals surface area (Å²) in [4.78, 5) is 28.9. The van der Waals surface area contributed by atoms with Gasteiger partial charge in [0.15, 0.2) is 0 Å². The van der Waals surface area contributed by atoms with Crippen molar-refractivity contribution in [3.63, 3.8) is 0 Å². The van der Waals surface area contributed by atoms with E-state index >= 15 is 0 Å². The van der Waals surface area contributed by atoms with Gasteiger partial charge in [-0.3, -0.25) is 13.9 Å². The highest BCUT2D eigenvalue weighted by Crippen LogP contribution is 2.29. The summed E-state index contributed by atoms with van der Waals surface area (Å²) in [7, 11) is -4.20. The van der Waals surface area contributed by atoms with Gasteiger partial charge >= 0.3 is 0 Å². The average Bonchev–Trinajstić information content (AvgIpc) is 2.96. The van der Waals surface area contributed by atoms with Gasteiger partial charge in [0.2, 0.25) is 11.8 Å². The van der Waals surface area contributed by atoms with Crippen molar-refractivity contribution >= 4 is 62.3 Å². The Hall–Kier alpha value is -2.78. The fraction of sp³-hybridized carbons (Fsp3) is 0.355. The molecule has 0 bridgehead atoms. The summed E-state index contributed by atoms with van der Waals surface area (Å²) in [5.41, 5.74) is 1.70. The van der Waals surface area contributed by atoms with Crippen LogP contribution in [0.5, 0.6) is 0 Å². The van der Waals surface area contributed by atoms with Crippen molar-refractivity contribution in [1.82, 2.24) is 10.2 Å². The van der Waals surface area contributed by atoms with Gasteiger partial charge in [-0.15, -0.1) is 0 Å². The van der Waals surface area contributed by atoms with E-state index in [0.29, 0.717) is 26.3 Å². The van der Waals surface area contributed by atoms with Crippen LogP contribution in [-0.2, 0) is 26.2 Å². The lowest BCUT2D eigenvalue weighted by Gasteiger charge is -2.33. The second kappa shape index (κ2) is 14.1.